The second-order valence-electron chi connectivity index (χ2n) is 11.8. The van der Waals surface area contributed by atoms with Crippen molar-refractivity contribution in [2.45, 2.75) is 103 Å². The van der Waals surface area contributed by atoms with Crippen molar-refractivity contribution in [2.75, 3.05) is 13.2 Å². The first-order valence-electron chi connectivity index (χ1n) is 13.1. The summed E-state index contributed by atoms with van der Waals surface area (Å²) in [4.78, 5) is 0. The van der Waals surface area contributed by atoms with E-state index < -0.39 is 5.60 Å². The van der Waals surface area contributed by atoms with E-state index >= 15 is 0 Å². The molecule has 4 unspecified atom stereocenters. The second kappa shape index (κ2) is 7.82. The molecule has 0 aromatic carbocycles. The molecule has 0 spiro atoms. The Morgan fingerprint density at radius 3 is 2.52 bits per heavy atom. The lowest BCUT2D eigenvalue weighted by Gasteiger charge is -2.60. The molecule has 9 atom stereocenters. The molecule has 31 heavy (non-hydrogen) atoms. The maximum Gasteiger partial charge on any atom is 0.157 e. The van der Waals surface area contributed by atoms with E-state index in [2.05, 4.69) is 19.9 Å². The van der Waals surface area contributed by atoms with Gasteiger partial charge in [-0.25, -0.2) is 0 Å². The van der Waals surface area contributed by atoms with Crippen molar-refractivity contribution in [1.82, 2.24) is 0 Å². The number of hydrogen-bond acceptors (Lipinski definition) is 4. The van der Waals surface area contributed by atoms with Crippen LogP contribution < -0.4 is 0 Å². The van der Waals surface area contributed by atoms with Crippen LogP contribution in [0, 0.1) is 40.4 Å². The Balaban J connectivity index is 1.38. The SMILES string of the molecule is CCOC(CC[C@]1(O)[C@H]2C[C@H]2C2C3CC=C4CC(O)CC[C@]4(C)C3CC[C@@]21C)OCC. The van der Waals surface area contributed by atoms with Crippen molar-refractivity contribution >= 4 is 0 Å². The maximum atomic E-state index is 12.2. The highest BCUT2D eigenvalue weighted by Crippen LogP contribution is 2.77. The highest BCUT2D eigenvalue weighted by molar-refractivity contribution is 5.29. The van der Waals surface area contributed by atoms with Gasteiger partial charge in [-0.1, -0.05) is 25.5 Å². The third kappa shape index (κ3) is 3.22. The Morgan fingerprint density at radius 2 is 1.81 bits per heavy atom. The lowest BCUT2D eigenvalue weighted by Crippen LogP contribution is -2.56. The highest BCUT2D eigenvalue weighted by atomic mass is 16.7. The number of aliphatic hydroxyl groups is 2. The molecule has 5 rings (SSSR count). The number of hydrogen-bond donors (Lipinski definition) is 2. The van der Waals surface area contributed by atoms with E-state index in [0.717, 1.165) is 50.9 Å². The van der Waals surface area contributed by atoms with Crippen molar-refractivity contribution in [2.24, 2.45) is 40.4 Å². The van der Waals surface area contributed by atoms with Crippen LogP contribution >= 0.6 is 0 Å². The number of allylic oxidation sites excluding steroid dienone is 1. The zero-order chi connectivity index (χ0) is 22.0. The summed E-state index contributed by atoms with van der Waals surface area (Å²) < 4.78 is 11.6. The van der Waals surface area contributed by atoms with Crippen LogP contribution in [0.5, 0.6) is 0 Å². The van der Waals surface area contributed by atoms with E-state index in [9.17, 15) is 10.2 Å². The van der Waals surface area contributed by atoms with E-state index in [-0.39, 0.29) is 23.2 Å². The molecule has 0 aromatic heterocycles. The summed E-state index contributed by atoms with van der Waals surface area (Å²) in [6.07, 6.45) is 11.5. The zero-order valence-electron chi connectivity index (χ0n) is 20.1. The van der Waals surface area contributed by atoms with Crippen LogP contribution in [0.4, 0.5) is 0 Å². The van der Waals surface area contributed by atoms with Gasteiger partial charge in [-0.2, -0.15) is 0 Å². The Hall–Kier alpha value is -0.420. The molecule has 0 aliphatic heterocycles. The molecule has 5 aliphatic carbocycles. The third-order valence-corrected chi connectivity index (χ3v) is 10.7. The van der Waals surface area contributed by atoms with Crippen LogP contribution in [0.2, 0.25) is 0 Å². The van der Waals surface area contributed by atoms with E-state index in [1.165, 1.54) is 18.4 Å². The standard InChI is InChI=1S/C27H44O4/c1-5-30-23(31-6-2)11-14-27(29)22-16-20(22)24-19-8-7-17-15-18(28)9-12-25(17,3)21(19)10-13-26(24,27)4/h7,18-24,28-29H,5-6,8-16H2,1-4H3/t18?,19?,20-,21?,22+,24?,25+,26+,27+/m1/s1. The summed E-state index contributed by atoms with van der Waals surface area (Å²) in [7, 11) is 0. The van der Waals surface area contributed by atoms with E-state index in [4.69, 9.17) is 9.47 Å². The van der Waals surface area contributed by atoms with Gasteiger partial charge in [0.15, 0.2) is 6.29 Å². The van der Waals surface area contributed by atoms with Crippen molar-refractivity contribution in [1.29, 1.82) is 0 Å². The first kappa shape index (κ1) is 22.4. The van der Waals surface area contributed by atoms with E-state index in [1.807, 2.05) is 13.8 Å². The summed E-state index contributed by atoms with van der Waals surface area (Å²) in [5, 5.41) is 22.5. The van der Waals surface area contributed by atoms with Crippen LogP contribution in [0.3, 0.4) is 0 Å². The van der Waals surface area contributed by atoms with E-state index in [0.29, 0.717) is 36.9 Å². The fraction of sp³-hybridized carbons (Fsp3) is 0.926. The molecule has 4 fully saturated rings. The fourth-order valence-corrected chi connectivity index (χ4v) is 9.17. The van der Waals surface area contributed by atoms with Gasteiger partial charge >= 0.3 is 0 Å². The Morgan fingerprint density at radius 1 is 1.06 bits per heavy atom. The summed E-state index contributed by atoms with van der Waals surface area (Å²) in [6.45, 7) is 10.2. The van der Waals surface area contributed by atoms with Crippen molar-refractivity contribution in [3.8, 4) is 0 Å². The van der Waals surface area contributed by atoms with Gasteiger partial charge in [-0.3, -0.25) is 0 Å². The summed E-state index contributed by atoms with van der Waals surface area (Å²) in [6, 6.07) is 0. The molecule has 2 N–H and O–H groups in total. The molecule has 0 amide bonds. The lowest BCUT2D eigenvalue weighted by molar-refractivity contribution is -0.175. The second-order valence-corrected chi connectivity index (χ2v) is 11.8. The molecule has 4 saturated carbocycles. The Kier molecular flexibility index (Phi) is 5.65. The topological polar surface area (TPSA) is 58.9 Å². The predicted molar refractivity (Wildman–Crippen MR) is 121 cm³/mol. The minimum Gasteiger partial charge on any atom is -0.393 e. The Bertz CT molecular complexity index is 714. The average Bonchev–Trinajstić information content (AvgIpc) is 3.49. The average molecular weight is 433 g/mol. The molecule has 4 heteroatoms. The van der Waals surface area contributed by atoms with Gasteiger partial charge in [0.1, 0.15) is 0 Å². The quantitative estimate of drug-likeness (QED) is 0.435. The largest absolute Gasteiger partial charge is 0.393 e. The molecule has 5 aliphatic rings. The molecule has 176 valence electrons. The van der Waals surface area contributed by atoms with Gasteiger partial charge in [-0.05, 0) is 106 Å². The maximum absolute atomic E-state index is 12.2. The van der Waals surface area contributed by atoms with Crippen molar-refractivity contribution in [3.05, 3.63) is 11.6 Å². The monoisotopic (exact) mass is 432 g/mol. The molecule has 0 heterocycles. The van der Waals surface area contributed by atoms with Crippen molar-refractivity contribution < 1.29 is 19.7 Å². The van der Waals surface area contributed by atoms with Gasteiger partial charge in [-0.15, -0.1) is 0 Å². The predicted octanol–water partition coefficient (Wildman–Crippen LogP) is 5.08. The number of rotatable bonds is 7. The molecule has 0 bridgehead atoms. The number of fused-ring (bicyclic) bond motifs is 7. The van der Waals surface area contributed by atoms with Crippen LogP contribution in [0.15, 0.2) is 11.6 Å². The van der Waals surface area contributed by atoms with Crippen LogP contribution in [0.1, 0.15) is 85.5 Å². The zero-order valence-corrected chi connectivity index (χ0v) is 20.1. The first-order valence-corrected chi connectivity index (χ1v) is 13.1. The molecule has 0 aromatic rings. The van der Waals surface area contributed by atoms with Gasteiger partial charge in [0.05, 0.1) is 11.7 Å². The summed E-state index contributed by atoms with van der Waals surface area (Å²) >= 11 is 0. The first-order chi connectivity index (χ1) is 14.8. The lowest BCUT2D eigenvalue weighted by atomic mass is 9.45. The van der Waals surface area contributed by atoms with Crippen LogP contribution in [-0.4, -0.2) is 41.4 Å². The van der Waals surface area contributed by atoms with Crippen molar-refractivity contribution in [3.63, 3.8) is 0 Å². The van der Waals surface area contributed by atoms with Gasteiger partial charge in [0.2, 0.25) is 0 Å². The van der Waals surface area contributed by atoms with Gasteiger partial charge in [0.25, 0.3) is 0 Å². The van der Waals surface area contributed by atoms with Crippen LogP contribution in [0.25, 0.3) is 0 Å². The highest BCUT2D eigenvalue weighted by Gasteiger charge is 2.75. The smallest absolute Gasteiger partial charge is 0.157 e. The minimum absolute atomic E-state index is 0.0145. The molecule has 0 radical (unpaired) electrons. The number of ether oxygens (including phenoxy) is 2. The van der Waals surface area contributed by atoms with Crippen LogP contribution in [-0.2, 0) is 9.47 Å². The van der Waals surface area contributed by atoms with Gasteiger partial charge < -0.3 is 19.7 Å². The normalized spacial score (nSPS) is 50.4. The molecule has 4 nitrogen and oxygen atoms in total. The Labute approximate surface area is 188 Å². The summed E-state index contributed by atoms with van der Waals surface area (Å²) in [5.41, 5.74) is 1.24. The number of aliphatic hydroxyl groups excluding tert-OH is 1. The van der Waals surface area contributed by atoms with E-state index in [1.54, 1.807) is 0 Å². The van der Waals surface area contributed by atoms with Gasteiger partial charge in [0, 0.05) is 19.6 Å². The fourth-order valence-electron chi connectivity index (χ4n) is 9.17. The third-order valence-electron chi connectivity index (χ3n) is 10.7. The molecular weight excluding hydrogens is 388 g/mol. The molecule has 0 saturated heterocycles. The summed E-state index contributed by atoms with van der Waals surface area (Å²) in [5.74, 6) is 3.23. The molecular formula is C27H44O4. The minimum atomic E-state index is -0.576.